The minimum atomic E-state index is -4.31. The van der Waals surface area contributed by atoms with Gasteiger partial charge < -0.3 is 10.4 Å². The van der Waals surface area contributed by atoms with E-state index in [1.807, 2.05) is 13.0 Å². The molecule has 1 atom stereocenters. The lowest BCUT2D eigenvalue weighted by molar-refractivity contribution is -0.144. The first kappa shape index (κ1) is 13.8. The van der Waals surface area contributed by atoms with Gasteiger partial charge in [0.2, 0.25) is 0 Å². The highest BCUT2D eigenvalue weighted by Crippen LogP contribution is 2.27. The Morgan fingerprint density at radius 3 is 2.59 bits per heavy atom. The summed E-state index contributed by atoms with van der Waals surface area (Å²) in [4.78, 5) is 0. The predicted octanol–water partition coefficient (Wildman–Crippen LogP) is 3.11. The van der Waals surface area contributed by atoms with Gasteiger partial charge in [0, 0.05) is 12.3 Å². The van der Waals surface area contributed by atoms with E-state index in [4.69, 9.17) is 5.11 Å². The fraction of sp³-hybridized carbons (Fsp3) is 0.500. The Kier molecular flexibility index (Phi) is 4.81. The van der Waals surface area contributed by atoms with Crippen molar-refractivity contribution in [1.29, 1.82) is 0 Å². The fourth-order valence-electron chi connectivity index (χ4n) is 1.55. The lowest BCUT2D eigenvalue weighted by Gasteiger charge is -2.22. The Labute approximate surface area is 98.5 Å². The molecule has 1 aromatic carbocycles. The Morgan fingerprint density at radius 2 is 2.06 bits per heavy atom. The molecule has 17 heavy (non-hydrogen) atoms. The van der Waals surface area contributed by atoms with E-state index in [2.05, 4.69) is 5.32 Å². The van der Waals surface area contributed by atoms with Crippen LogP contribution in [0.15, 0.2) is 24.3 Å². The summed E-state index contributed by atoms with van der Waals surface area (Å²) in [6.07, 6.45) is -4.31. The minimum absolute atomic E-state index is 0.128. The molecule has 0 saturated heterocycles. The summed E-state index contributed by atoms with van der Waals surface area (Å²) in [6.45, 7) is 1.59. The minimum Gasteiger partial charge on any atom is -0.396 e. The van der Waals surface area contributed by atoms with Crippen LogP contribution < -0.4 is 5.32 Å². The second kappa shape index (κ2) is 5.91. The number of aryl methyl sites for hydroxylation is 1. The molecule has 2 N–H and O–H groups in total. The van der Waals surface area contributed by atoms with Gasteiger partial charge >= 0.3 is 6.18 Å². The number of aliphatic hydroxyl groups excluding tert-OH is 1. The first-order valence-corrected chi connectivity index (χ1v) is 5.44. The maximum absolute atomic E-state index is 12.7. The zero-order valence-electron chi connectivity index (χ0n) is 9.59. The predicted molar refractivity (Wildman–Crippen MR) is 61.0 cm³/mol. The highest BCUT2D eigenvalue weighted by Gasteiger charge is 2.38. The van der Waals surface area contributed by atoms with Gasteiger partial charge in [0.15, 0.2) is 0 Å². The standard InChI is InChI=1S/C12H16F3NO/c1-9-4-2-5-10(8-9)16-11(6-3-7-17)12(13,14)15/h2,4-5,8,11,16-17H,3,6-7H2,1H3. The molecule has 0 amide bonds. The van der Waals surface area contributed by atoms with Crippen LogP contribution in [0, 0.1) is 6.92 Å². The Hall–Kier alpha value is -1.23. The number of hydrogen-bond acceptors (Lipinski definition) is 2. The molecule has 1 aromatic rings. The number of alkyl halides is 3. The lowest BCUT2D eigenvalue weighted by Crippen LogP contribution is -2.36. The summed E-state index contributed by atoms with van der Waals surface area (Å²) < 4.78 is 38.1. The molecule has 2 nitrogen and oxygen atoms in total. The van der Waals surface area contributed by atoms with Crippen molar-refractivity contribution in [3.63, 3.8) is 0 Å². The van der Waals surface area contributed by atoms with Gasteiger partial charge in [0.05, 0.1) is 0 Å². The summed E-state index contributed by atoms with van der Waals surface area (Å²) in [7, 11) is 0. The van der Waals surface area contributed by atoms with E-state index in [1.54, 1.807) is 18.2 Å². The second-order valence-corrected chi connectivity index (χ2v) is 3.97. The Balaban J connectivity index is 2.72. The third kappa shape index (κ3) is 4.65. The van der Waals surface area contributed by atoms with Crippen LogP contribution in [0.25, 0.3) is 0 Å². The number of aliphatic hydroxyl groups is 1. The van der Waals surface area contributed by atoms with E-state index >= 15 is 0 Å². The van der Waals surface area contributed by atoms with E-state index in [0.717, 1.165) is 5.56 Å². The zero-order valence-corrected chi connectivity index (χ0v) is 9.59. The molecule has 0 spiro atoms. The van der Waals surface area contributed by atoms with Crippen molar-refractivity contribution in [2.75, 3.05) is 11.9 Å². The third-order valence-electron chi connectivity index (χ3n) is 2.41. The van der Waals surface area contributed by atoms with Gasteiger partial charge in [-0.15, -0.1) is 0 Å². The third-order valence-corrected chi connectivity index (χ3v) is 2.41. The SMILES string of the molecule is Cc1cccc(NC(CCCO)C(F)(F)F)c1. The molecule has 0 aliphatic heterocycles. The summed E-state index contributed by atoms with van der Waals surface area (Å²) in [5.74, 6) is 0. The van der Waals surface area contributed by atoms with Gasteiger partial charge in [-0.3, -0.25) is 0 Å². The molecule has 1 rings (SSSR count). The number of halogens is 3. The van der Waals surface area contributed by atoms with Crippen molar-refractivity contribution in [2.45, 2.75) is 32.0 Å². The van der Waals surface area contributed by atoms with Gasteiger partial charge in [-0.2, -0.15) is 13.2 Å². The Bertz CT molecular complexity index is 352. The highest BCUT2D eigenvalue weighted by atomic mass is 19.4. The normalized spacial score (nSPS) is 13.5. The molecule has 0 radical (unpaired) electrons. The largest absolute Gasteiger partial charge is 0.408 e. The van der Waals surface area contributed by atoms with Crippen molar-refractivity contribution >= 4 is 5.69 Å². The maximum atomic E-state index is 12.7. The van der Waals surface area contributed by atoms with Gasteiger partial charge in [0.25, 0.3) is 0 Å². The van der Waals surface area contributed by atoms with Crippen LogP contribution >= 0.6 is 0 Å². The first-order valence-electron chi connectivity index (χ1n) is 5.44. The second-order valence-electron chi connectivity index (χ2n) is 3.97. The van der Waals surface area contributed by atoms with Crippen molar-refractivity contribution in [2.24, 2.45) is 0 Å². The van der Waals surface area contributed by atoms with Crippen LogP contribution in [-0.4, -0.2) is 23.9 Å². The fourth-order valence-corrected chi connectivity index (χ4v) is 1.55. The molecule has 0 saturated carbocycles. The number of hydrogen-bond donors (Lipinski definition) is 2. The highest BCUT2D eigenvalue weighted by molar-refractivity contribution is 5.46. The van der Waals surface area contributed by atoms with E-state index in [9.17, 15) is 13.2 Å². The first-order chi connectivity index (χ1) is 7.93. The quantitative estimate of drug-likeness (QED) is 0.838. The molecule has 0 aromatic heterocycles. The van der Waals surface area contributed by atoms with Crippen LogP contribution in [0.4, 0.5) is 18.9 Å². The number of anilines is 1. The van der Waals surface area contributed by atoms with Gasteiger partial charge in [0.1, 0.15) is 6.04 Å². The smallest absolute Gasteiger partial charge is 0.396 e. The van der Waals surface area contributed by atoms with E-state index in [1.165, 1.54) is 0 Å². The van der Waals surface area contributed by atoms with Gasteiger partial charge in [-0.1, -0.05) is 12.1 Å². The van der Waals surface area contributed by atoms with Crippen molar-refractivity contribution in [3.8, 4) is 0 Å². The molecule has 0 aliphatic rings. The molecule has 5 heteroatoms. The van der Waals surface area contributed by atoms with Gasteiger partial charge in [-0.25, -0.2) is 0 Å². The average Bonchev–Trinajstić information content (AvgIpc) is 2.22. The topological polar surface area (TPSA) is 32.3 Å². The number of rotatable bonds is 5. The summed E-state index contributed by atoms with van der Waals surface area (Å²) in [5.41, 5.74) is 1.35. The van der Waals surface area contributed by atoms with E-state index in [0.29, 0.717) is 5.69 Å². The van der Waals surface area contributed by atoms with Crippen molar-refractivity contribution < 1.29 is 18.3 Å². The molecule has 0 bridgehead atoms. The summed E-state index contributed by atoms with van der Waals surface area (Å²) >= 11 is 0. The molecule has 0 aliphatic carbocycles. The summed E-state index contributed by atoms with van der Waals surface area (Å²) in [5, 5.41) is 11.1. The van der Waals surface area contributed by atoms with Crippen LogP contribution in [0.2, 0.25) is 0 Å². The van der Waals surface area contributed by atoms with Crippen LogP contribution in [0.1, 0.15) is 18.4 Å². The van der Waals surface area contributed by atoms with Crippen LogP contribution in [0.3, 0.4) is 0 Å². The molecule has 96 valence electrons. The Morgan fingerprint density at radius 1 is 1.35 bits per heavy atom. The monoisotopic (exact) mass is 247 g/mol. The van der Waals surface area contributed by atoms with E-state index in [-0.39, 0.29) is 19.4 Å². The molecule has 0 fully saturated rings. The molecular weight excluding hydrogens is 231 g/mol. The number of nitrogens with one attached hydrogen (secondary N) is 1. The number of benzene rings is 1. The molecule has 0 heterocycles. The van der Waals surface area contributed by atoms with Crippen LogP contribution in [0.5, 0.6) is 0 Å². The zero-order chi connectivity index (χ0) is 12.9. The molecular formula is C12H16F3NO. The summed E-state index contributed by atoms with van der Waals surface area (Å²) in [6, 6.07) is 5.18. The van der Waals surface area contributed by atoms with Gasteiger partial charge in [-0.05, 0) is 37.5 Å². The maximum Gasteiger partial charge on any atom is 0.408 e. The average molecular weight is 247 g/mol. The lowest BCUT2D eigenvalue weighted by atomic mass is 10.1. The van der Waals surface area contributed by atoms with Crippen LogP contribution in [-0.2, 0) is 0 Å². The molecule has 1 unspecified atom stereocenters. The van der Waals surface area contributed by atoms with Crippen molar-refractivity contribution in [1.82, 2.24) is 0 Å². The van der Waals surface area contributed by atoms with E-state index < -0.39 is 12.2 Å². The van der Waals surface area contributed by atoms with Crippen molar-refractivity contribution in [3.05, 3.63) is 29.8 Å².